The van der Waals surface area contributed by atoms with Crippen molar-refractivity contribution in [2.45, 2.75) is 26.1 Å². The van der Waals surface area contributed by atoms with Crippen LogP contribution in [-0.2, 0) is 17.5 Å². The van der Waals surface area contributed by atoms with Gasteiger partial charge in [-0.15, -0.1) is 5.10 Å². The van der Waals surface area contributed by atoms with Gasteiger partial charge in [-0.25, -0.2) is 4.98 Å². The van der Waals surface area contributed by atoms with E-state index in [9.17, 15) is 18.0 Å². The van der Waals surface area contributed by atoms with Gasteiger partial charge < -0.3 is 10.2 Å². The number of anilines is 1. The molecule has 1 aliphatic heterocycles. The summed E-state index contributed by atoms with van der Waals surface area (Å²) in [6.45, 7) is 3.23. The van der Waals surface area contributed by atoms with E-state index in [1.54, 1.807) is 0 Å². The summed E-state index contributed by atoms with van der Waals surface area (Å²) in [5.41, 5.74) is 0.0191. The number of aryl methyl sites for hydroxylation is 1. The Kier molecular flexibility index (Phi) is 4.89. The Morgan fingerprint density at radius 2 is 2.24 bits per heavy atom. The van der Waals surface area contributed by atoms with E-state index in [1.807, 2.05) is 11.8 Å². The molecule has 3 heterocycles. The van der Waals surface area contributed by atoms with Crippen molar-refractivity contribution in [2.75, 3.05) is 18.0 Å². The van der Waals surface area contributed by atoms with Gasteiger partial charge in [0.15, 0.2) is 0 Å². The van der Waals surface area contributed by atoms with Crippen molar-refractivity contribution >= 4 is 23.3 Å². The van der Waals surface area contributed by atoms with Crippen LogP contribution in [0.4, 0.5) is 19.0 Å². The number of hydrogen-bond donors (Lipinski definition) is 1. The van der Waals surface area contributed by atoms with Crippen molar-refractivity contribution in [2.24, 2.45) is 5.92 Å². The number of nitrogens with zero attached hydrogens (tertiary/aromatic N) is 4. The van der Waals surface area contributed by atoms with Gasteiger partial charge in [0, 0.05) is 19.3 Å². The Bertz CT molecular complexity index is 746. The minimum absolute atomic E-state index is 0.0813. The van der Waals surface area contributed by atoms with Crippen molar-refractivity contribution in [3.63, 3.8) is 0 Å². The van der Waals surface area contributed by atoms with E-state index in [-0.39, 0.29) is 11.8 Å². The molecule has 0 aliphatic carbocycles. The van der Waals surface area contributed by atoms with Crippen molar-refractivity contribution in [3.8, 4) is 0 Å². The predicted octanol–water partition coefficient (Wildman–Crippen LogP) is 2.40. The fraction of sp³-hybridized carbons (Fsp3) is 0.467. The molecule has 1 atom stereocenters. The van der Waals surface area contributed by atoms with Crippen molar-refractivity contribution < 1.29 is 18.0 Å². The van der Waals surface area contributed by atoms with Crippen LogP contribution in [0.25, 0.3) is 0 Å². The standard InChI is InChI=1S/C15H16F3N5OS/c1-9-12(25-22-21-9)7-20-14(24)10-4-5-23(8-10)13-3-2-11(6-19-13)15(16,17)18/h2-3,6,10H,4-5,7-8H2,1H3,(H,20,24)/t10-/m0/s1. The maximum absolute atomic E-state index is 12.6. The van der Waals surface area contributed by atoms with Gasteiger partial charge in [0.25, 0.3) is 0 Å². The smallest absolute Gasteiger partial charge is 0.356 e. The SMILES string of the molecule is Cc1nnsc1CNC(=O)[C@H]1CCN(c2ccc(C(F)(F)F)cn2)C1. The summed E-state index contributed by atoms with van der Waals surface area (Å²) < 4.78 is 41.6. The molecule has 2 aromatic heterocycles. The zero-order valence-electron chi connectivity index (χ0n) is 13.4. The first-order chi connectivity index (χ1) is 11.8. The Hall–Kier alpha value is -2.23. The van der Waals surface area contributed by atoms with Crippen LogP contribution in [0, 0.1) is 12.8 Å². The van der Waals surface area contributed by atoms with E-state index in [4.69, 9.17) is 0 Å². The third-order valence-electron chi connectivity index (χ3n) is 4.13. The molecule has 1 aliphatic rings. The molecule has 2 aromatic rings. The van der Waals surface area contributed by atoms with Gasteiger partial charge in [0.2, 0.25) is 5.91 Å². The number of carbonyl (C=O) groups is 1. The molecule has 10 heteroatoms. The van der Waals surface area contributed by atoms with Gasteiger partial charge in [-0.2, -0.15) is 13.2 Å². The number of pyridine rings is 1. The number of alkyl halides is 3. The molecule has 0 bridgehead atoms. The van der Waals surface area contributed by atoms with Gasteiger partial charge >= 0.3 is 6.18 Å². The summed E-state index contributed by atoms with van der Waals surface area (Å²) in [5.74, 6) is 0.151. The highest BCUT2D eigenvalue weighted by Crippen LogP contribution is 2.30. The predicted molar refractivity (Wildman–Crippen MR) is 86.1 cm³/mol. The van der Waals surface area contributed by atoms with Gasteiger partial charge in [0.1, 0.15) is 5.82 Å². The highest BCUT2D eigenvalue weighted by Gasteiger charge is 2.32. The minimum atomic E-state index is -4.40. The van der Waals surface area contributed by atoms with E-state index in [1.165, 1.54) is 17.6 Å². The first-order valence-electron chi connectivity index (χ1n) is 7.68. The maximum Gasteiger partial charge on any atom is 0.417 e. The summed E-state index contributed by atoms with van der Waals surface area (Å²) >= 11 is 1.25. The molecule has 0 saturated carbocycles. The number of nitrogens with one attached hydrogen (secondary N) is 1. The maximum atomic E-state index is 12.6. The minimum Gasteiger partial charge on any atom is -0.356 e. The van der Waals surface area contributed by atoms with Crippen LogP contribution < -0.4 is 10.2 Å². The third kappa shape index (κ3) is 4.06. The van der Waals surface area contributed by atoms with E-state index in [0.29, 0.717) is 31.9 Å². The first-order valence-corrected chi connectivity index (χ1v) is 8.45. The molecule has 6 nitrogen and oxygen atoms in total. The number of carbonyl (C=O) groups excluding carboxylic acids is 1. The van der Waals surface area contributed by atoms with Crippen LogP contribution in [0.2, 0.25) is 0 Å². The topological polar surface area (TPSA) is 71.0 Å². The number of halogens is 3. The fourth-order valence-electron chi connectivity index (χ4n) is 2.65. The van der Waals surface area contributed by atoms with Gasteiger partial charge in [-0.05, 0) is 37.0 Å². The van der Waals surface area contributed by atoms with Crippen molar-refractivity contribution in [1.29, 1.82) is 0 Å². The monoisotopic (exact) mass is 371 g/mol. The van der Waals surface area contributed by atoms with E-state index in [0.717, 1.165) is 22.8 Å². The Labute approximate surface area is 146 Å². The zero-order valence-corrected chi connectivity index (χ0v) is 14.2. The zero-order chi connectivity index (χ0) is 18.0. The van der Waals surface area contributed by atoms with Crippen LogP contribution in [0.15, 0.2) is 18.3 Å². The lowest BCUT2D eigenvalue weighted by atomic mass is 10.1. The highest BCUT2D eigenvalue weighted by molar-refractivity contribution is 7.05. The van der Waals surface area contributed by atoms with Crippen LogP contribution in [0.1, 0.15) is 22.6 Å². The van der Waals surface area contributed by atoms with E-state index >= 15 is 0 Å². The quantitative estimate of drug-likeness (QED) is 0.894. The second-order valence-corrected chi connectivity index (χ2v) is 6.67. The molecule has 1 N–H and O–H groups in total. The number of aromatic nitrogens is 3. The molecule has 0 aromatic carbocycles. The second kappa shape index (κ2) is 6.95. The summed E-state index contributed by atoms with van der Waals surface area (Å²) in [7, 11) is 0. The second-order valence-electron chi connectivity index (χ2n) is 5.83. The van der Waals surface area contributed by atoms with Gasteiger partial charge in [-0.3, -0.25) is 4.79 Å². The highest BCUT2D eigenvalue weighted by atomic mass is 32.1. The fourth-order valence-corrected chi connectivity index (χ4v) is 3.22. The van der Waals surface area contributed by atoms with E-state index in [2.05, 4.69) is 19.9 Å². The average Bonchev–Trinajstić information content (AvgIpc) is 3.21. The Morgan fingerprint density at radius 1 is 1.44 bits per heavy atom. The molecular formula is C15H16F3N5OS. The van der Waals surface area contributed by atoms with Crippen LogP contribution in [-0.4, -0.2) is 33.6 Å². The van der Waals surface area contributed by atoms with E-state index < -0.39 is 11.7 Å². The molecule has 3 rings (SSSR count). The third-order valence-corrected chi connectivity index (χ3v) is 4.95. The molecule has 0 spiro atoms. The normalized spacial score (nSPS) is 17.8. The molecule has 0 radical (unpaired) electrons. The average molecular weight is 371 g/mol. The molecule has 134 valence electrons. The molecule has 1 amide bonds. The molecular weight excluding hydrogens is 355 g/mol. The number of rotatable bonds is 4. The Morgan fingerprint density at radius 3 is 2.84 bits per heavy atom. The molecule has 1 saturated heterocycles. The van der Waals surface area contributed by atoms with Gasteiger partial charge in [0.05, 0.1) is 28.6 Å². The number of amides is 1. The lowest BCUT2D eigenvalue weighted by molar-refractivity contribution is -0.137. The summed E-state index contributed by atoms with van der Waals surface area (Å²) in [6, 6.07) is 2.35. The number of hydrogen-bond acceptors (Lipinski definition) is 6. The lowest BCUT2D eigenvalue weighted by Gasteiger charge is -2.18. The lowest BCUT2D eigenvalue weighted by Crippen LogP contribution is -2.32. The summed E-state index contributed by atoms with van der Waals surface area (Å²) in [5, 5.41) is 6.75. The van der Waals surface area contributed by atoms with Crippen LogP contribution in [0.3, 0.4) is 0 Å². The largest absolute Gasteiger partial charge is 0.417 e. The molecule has 1 fully saturated rings. The van der Waals surface area contributed by atoms with Crippen LogP contribution >= 0.6 is 11.5 Å². The first kappa shape index (κ1) is 17.6. The van der Waals surface area contributed by atoms with Gasteiger partial charge in [-0.1, -0.05) is 4.49 Å². The molecule has 25 heavy (non-hydrogen) atoms. The van der Waals surface area contributed by atoms with Crippen molar-refractivity contribution in [3.05, 3.63) is 34.5 Å². The molecule has 0 unspecified atom stereocenters. The van der Waals surface area contributed by atoms with Crippen LogP contribution in [0.5, 0.6) is 0 Å². The summed E-state index contributed by atoms with van der Waals surface area (Å²) in [6.07, 6.45) is -2.95. The van der Waals surface area contributed by atoms with Crippen molar-refractivity contribution in [1.82, 2.24) is 19.9 Å². The Balaban J connectivity index is 1.56. The summed E-state index contributed by atoms with van der Waals surface area (Å²) in [4.78, 5) is 18.9.